The predicted octanol–water partition coefficient (Wildman–Crippen LogP) is 9.22. The molecule has 1 aromatic heterocycles. The van der Waals surface area contributed by atoms with E-state index in [-0.39, 0.29) is 0 Å². The van der Waals surface area contributed by atoms with E-state index in [0.29, 0.717) is 22.9 Å². The van der Waals surface area contributed by atoms with Gasteiger partial charge in [-0.15, -0.1) is 0 Å². The molecule has 0 fully saturated rings. The van der Waals surface area contributed by atoms with E-state index in [1.807, 2.05) is 84.9 Å². The number of nitrogens with one attached hydrogen (secondary N) is 3. The zero-order valence-electron chi connectivity index (χ0n) is 21.3. The molecule has 6 aromatic carbocycles. The van der Waals surface area contributed by atoms with Crippen LogP contribution in [-0.2, 0) is 0 Å². The van der Waals surface area contributed by atoms with Crippen molar-refractivity contribution in [2.75, 3.05) is 16.0 Å². The van der Waals surface area contributed by atoms with Gasteiger partial charge in [-0.05, 0) is 46.5 Å². The lowest BCUT2D eigenvalue weighted by Gasteiger charge is -2.14. The predicted molar refractivity (Wildman–Crippen MR) is 167 cm³/mol. The zero-order chi connectivity index (χ0) is 26.9. The van der Waals surface area contributed by atoms with Crippen molar-refractivity contribution < 1.29 is 0 Å². The number of halogens is 1. The second kappa shape index (κ2) is 10.2. The lowest BCUT2D eigenvalue weighted by molar-refractivity contribution is 1.07. The summed E-state index contributed by atoms with van der Waals surface area (Å²) in [6.07, 6.45) is 0. The second-order valence-corrected chi connectivity index (χ2v) is 9.82. The Kier molecular flexibility index (Phi) is 6.07. The van der Waals surface area contributed by atoms with Gasteiger partial charge < -0.3 is 16.0 Å². The first-order valence-electron chi connectivity index (χ1n) is 12.9. The first kappa shape index (κ1) is 23.9. The Bertz CT molecular complexity index is 1910. The van der Waals surface area contributed by atoms with Crippen LogP contribution < -0.4 is 16.0 Å². The minimum absolute atomic E-state index is 0.395. The third-order valence-corrected chi connectivity index (χ3v) is 7.12. The lowest BCUT2D eigenvalue weighted by atomic mass is 10.1. The summed E-state index contributed by atoms with van der Waals surface area (Å²) in [6.45, 7) is 0. The number of nitrogens with zero attached hydrogens (tertiary/aromatic N) is 3. The Morgan fingerprint density at radius 1 is 0.425 bits per heavy atom. The van der Waals surface area contributed by atoms with E-state index in [0.717, 1.165) is 49.4 Å². The maximum Gasteiger partial charge on any atom is 0.233 e. The number of rotatable bonds is 6. The molecule has 0 aliphatic rings. The molecule has 0 aliphatic carbocycles. The van der Waals surface area contributed by atoms with Crippen molar-refractivity contribution in [1.82, 2.24) is 15.0 Å². The van der Waals surface area contributed by atoms with Gasteiger partial charge in [0.2, 0.25) is 17.8 Å². The molecule has 0 amide bonds. The topological polar surface area (TPSA) is 74.8 Å². The number of hydrogen-bond donors (Lipinski definition) is 3. The van der Waals surface area contributed by atoms with Crippen LogP contribution in [0.2, 0.25) is 5.02 Å². The molecular formula is C33H23ClN6. The molecule has 0 unspecified atom stereocenters. The first-order valence-corrected chi connectivity index (χ1v) is 13.3. The molecule has 192 valence electrons. The molecule has 3 N–H and O–H groups in total. The van der Waals surface area contributed by atoms with Crippen molar-refractivity contribution >= 4 is 78.8 Å². The van der Waals surface area contributed by atoms with Crippen molar-refractivity contribution in [3.8, 4) is 0 Å². The number of hydrogen-bond acceptors (Lipinski definition) is 6. The van der Waals surface area contributed by atoms with Crippen molar-refractivity contribution in [2.24, 2.45) is 0 Å². The summed E-state index contributed by atoms with van der Waals surface area (Å²) in [5.74, 6) is 1.22. The number of benzene rings is 6. The minimum Gasteiger partial charge on any atom is -0.324 e. The van der Waals surface area contributed by atoms with Crippen LogP contribution in [0.5, 0.6) is 0 Å². The van der Waals surface area contributed by atoms with Gasteiger partial charge in [-0.2, -0.15) is 15.0 Å². The second-order valence-electron chi connectivity index (χ2n) is 9.41. The van der Waals surface area contributed by atoms with Crippen LogP contribution >= 0.6 is 11.6 Å². The number of anilines is 6. The van der Waals surface area contributed by atoms with Crippen molar-refractivity contribution in [2.45, 2.75) is 0 Å². The monoisotopic (exact) mass is 538 g/mol. The summed E-state index contributed by atoms with van der Waals surface area (Å²) in [5, 5.41) is 17.3. The molecule has 0 bridgehead atoms. The maximum atomic E-state index is 6.47. The maximum absolute atomic E-state index is 6.47. The Morgan fingerprint density at radius 3 is 1.50 bits per heavy atom. The SMILES string of the molecule is Clc1cccc2ccc(Nc3nc(Nc4cccc5ccccc45)nc(Nc4cccc5ccccc45)n3)cc12. The normalized spacial score (nSPS) is 11.1. The highest BCUT2D eigenvalue weighted by molar-refractivity contribution is 6.35. The first-order chi connectivity index (χ1) is 19.7. The van der Waals surface area contributed by atoms with Gasteiger partial charge in [0.05, 0.1) is 0 Å². The van der Waals surface area contributed by atoms with Gasteiger partial charge >= 0.3 is 0 Å². The average Bonchev–Trinajstić information content (AvgIpc) is 2.98. The van der Waals surface area contributed by atoms with Gasteiger partial charge in [-0.25, -0.2) is 0 Å². The highest BCUT2D eigenvalue weighted by Gasteiger charge is 2.12. The Balaban J connectivity index is 1.30. The van der Waals surface area contributed by atoms with E-state index < -0.39 is 0 Å². The molecule has 7 heteroatoms. The van der Waals surface area contributed by atoms with Crippen LogP contribution in [0.3, 0.4) is 0 Å². The molecule has 0 saturated heterocycles. The zero-order valence-corrected chi connectivity index (χ0v) is 22.0. The van der Waals surface area contributed by atoms with Crippen molar-refractivity contribution in [3.05, 3.63) is 126 Å². The van der Waals surface area contributed by atoms with Gasteiger partial charge in [-0.1, -0.05) is 103 Å². The molecule has 7 rings (SSSR count). The average molecular weight is 539 g/mol. The fourth-order valence-electron chi connectivity index (χ4n) is 4.89. The highest BCUT2D eigenvalue weighted by Crippen LogP contribution is 2.30. The molecule has 0 aliphatic heterocycles. The third kappa shape index (κ3) is 4.72. The van der Waals surface area contributed by atoms with E-state index in [2.05, 4.69) is 52.3 Å². The van der Waals surface area contributed by atoms with Crippen molar-refractivity contribution in [1.29, 1.82) is 0 Å². The van der Waals surface area contributed by atoms with E-state index in [9.17, 15) is 0 Å². The van der Waals surface area contributed by atoms with E-state index in [1.165, 1.54) is 0 Å². The Morgan fingerprint density at radius 2 is 0.900 bits per heavy atom. The highest BCUT2D eigenvalue weighted by atomic mass is 35.5. The molecule has 0 atom stereocenters. The summed E-state index contributed by atoms with van der Waals surface area (Å²) in [7, 11) is 0. The number of aromatic nitrogens is 3. The van der Waals surface area contributed by atoms with Crippen LogP contribution in [0, 0.1) is 0 Å². The molecule has 0 radical (unpaired) electrons. The molecule has 1 heterocycles. The Labute approximate surface area is 235 Å². The molecular weight excluding hydrogens is 516 g/mol. The molecule has 0 saturated carbocycles. The van der Waals surface area contributed by atoms with Crippen LogP contribution in [0.1, 0.15) is 0 Å². The summed E-state index contributed by atoms with van der Waals surface area (Å²) in [6, 6.07) is 40.5. The summed E-state index contributed by atoms with van der Waals surface area (Å²) in [5.41, 5.74) is 2.63. The summed E-state index contributed by atoms with van der Waals surface area (Å²) < 4.78 is 0. The molecule has 0 spiro atoms. The summed E-state index contributed by atoms with van der Waals surface area (Å²) in [4.78, 5) is 14.2. The van der Waals surface area contributed by atoms with Crippen LogP contribution in [0.4, 0.5) is 34.9 Å². The van der Waals surface area contributed by atoms with Gasteiger partial charge in [0.25, 0.3) is 0 Å². The standard InChI is InChI=1S/C33H23ClN6/c34-28-15-5-10-23-18-19-24(20-27(23)28)35-31-38-32(36-29-16-6-11-21-8-1-3-13-25(21)29)40-33(39-31)37-30-17-7-12-22-9-2-4-14-26(22)30/h1-20H,(H3,35,36,37,38,39,40). The quantitative estimate of drug-likeness (QED) is 0.196. The fourth-order valence-corrected chi connectivity index (χ4v) is 5.13. The van der Waals surface area contributed by atoms with Gasteiger partial charge in [0, 0.05) is 38.2 Å². The largest absolute Gasteiger partial charge is 0.324 e. The van der Waals surface area contributed by atoms with Gasteiger partial charge in [0.15, 0.2) is 0 Å². The lowest BCUT2D eigenvalue weighted by Crippen LogP contribution is -2.07. The minimum atomic E-state index is 0.395. The van der Waals surface area contributed by atoms with E-state index >= 15 is 0 Å². The van der Waals surface area contributed by atoms with E-state index in [4.69, 9.17) is 26.6 Å². The van der Waals surface area contributed by atoms with Crippen LogP contribution in [0.25, 0.3) is 32.3 Å². The number of fused-ring (bicyclic) bond motifs is 3. The van der Waals surface area contributed by atoms with Crippen LogP contribution in [0.15, 0.2) is 121 Å². The smallest absolute Gasteiger partial charge is 0.233 e. The van der Waals surface area contributed by atoms with Gasteiger partial charge in [0.1, 0.15) is 0 Å². The Hall–Kier alpha value is -5.20. The van der Waals surface area contributed by atoms with Crippen molar-refractivity contribution in [3.63, 3.8) is 0 Å². The third-order valence-electron chi connectivity index (χ3n) is 6.79. The summed E-state index contributed by atoms with van der Waals surface area (Å²) >= 11 is 6.47. The molecule has 6 nitrogen and oxygen atoms in total. The fraction of sp³-hybridized carbons (Fsp3) is 0. The van der Waals surface area contributed by atoms with E-state index in [1.54, 1.807) is 0 Å². The molecule has 7 aromatic rings. The molecule has 40 heavy (non-hydrogen) atoms. The van der Waals surface area contributed by atoms with Gasteiger partial charge in [-0.3, -0.25) is 0 Å². The van der Waals surface area contributed by atoms with Crippen LogP contribution in [-0.4, -0.2) is 15.0 Å².